The summed E-state index contributed by atoms with van der Waals surface area (Å²) in [5.41, 5.74) is 0.425. The van der Waals surface area contributed by atoms with Crippen molar-refractivity contribution in [3.8, 4) is 11.5 Å². The van der Waals surface area contributed by atoms with Gasteiger partial charge in [0.05, 0.1) is 6.61 Å². The van der Waals surface area contributed by atoms with E-state index in [1.54, 1.807) is 6.07 Å². The standard InChI is InChI=1S/C15H14BrFO3/c16-12-4-6-13(7-5-12)19-8-9-20-15-11(10-18)2-1-3-14(15)17/h1-7,18H,8-10H2. The highest BCUT2D eigenvalue weighted by Crippen LogP contribution is 2.22. The maximum atomic E-state index is 13.5. The lowest BCUT2D eigenvalue weighted by molar-refractivity contribution is 0.203. The first kappa shape index (κ1) is 14.8. The summed E-state index contributed by atoms with van der Waals surface area (Å²) in [5.74, 6) is 0.308. The molecule has 2 aromatic rings. The van der Waals surface area contributed by atoms with Gasteiger partial charge in [0.2, 0.25) is 0 Å². The van der Waals surface area contributed by atoms with Crippen LogP contribution in [0.4, 0.5) is 4.39 Å². The highest BCUT2D eigenvalue weighted by molar-refractivity contribution is 9.10. The molecule has 0 heterocycles. The van der Waals surface area contributed by atoms with Gasteiger partial charge >= 0.3 is 0 Å². The average molecular weight is 341 g/mol. The van der Waals surface area contributed by atoms with E-state index in [0.717, 1.165) is 4.47 Å². The molecule has 0 saturated carbocycles. The molecule has 0 aliphatic heterocycles. The Morgan fingerprint density at radius 1 is 1.00 bits per heavy atom. The predicted molar refractivity (Wildman–Crippen MR) is 77.5 cm³/mol. The molecule has 0 amide bonds. The van der Waals surface area contributed by atoms with E-state index in [1.165, 1.54) is 12.1 Å². The topological polar surface area (TPSA) is 38.7 Å². The quantitative estimate of drug-likeness (QED) is 0.817. The number of benzene rings is 2. The summed E-state index contributed by atoms with van der Waals surface area (Å²) in [4.78, 5) is 0. The van der Waals surface area contributed by atoms with Crippen LogP contribution in [0.25, 0.3) is 0 Å². The van der Waals surface area contributed by atoms with Crippen LogP contribution in [0.5, 0.6) is 11.5 Å². The van der Waals surface area contributed by atoms with Crippen LogP contribution in [0.1, 0.15) is 5.56 Å². The smallest absolute Gasteiger partial charge is 0.165 e. The SMILES string of the molecule is OCc1cccc(F)c1OCCOc1ccc(Br)cc1. The van der Waals surface area contributed by atoms with Gasteiger partial charge in [0, 0.05) is 10.0 Å². The van der Waals surface area contributed by atoms with Crippen LogP contribution in [0, 0.1) is 5.82 Å². The van der Waals surface area contributed by atoms with Crippen molar-refractivity contribution < 1.29 is 19.0 Å². The molecule has 0 spiro atoms. The number of para-hydroxylation sites is 1. The molecule has 106 valence electrons. The lowest BCUT2D eigenvalue weighted by atomic mass is 10.2. The Labute approximate surface area is 125 Å². The van der Waals surface area contributed by atoms with E-state index in [2.05, 4.69) is 15.9 Å². The molecule has 0 radical (unpaired) electrons. The molecule has 2 aromatic carbocycles. The lowest BCUT2D eigenvalue weighted by Crippen LogP contribution is -2.11. The normalized spacial score (nSPS) is 10.3. The van der Waals surface area contributed by atoms with Gasteiger partial charge in [0.15, 0.2) is 11.6 Å². The molecule has 0 aliphatic rings. The average Bonchev–Trinajstić information content (AvgIpc) is 2.46. The summed E-state index contributed by atoms with van der Waals surface area (Å²) in [6, 6.07) is 11.8. The Morgan fingerprint density at radius 3 is 2.40 bits per heavy atom. The second kappa shape index (κ2) is 7.26. The maximum Gasteiger partial charge on any atom is 0.165 e. The maximum absolute atomic E-state index is 13.5. The van der Waals surface area contributed by atoms with Gasteiger partial charge in [-0.1, -0.05) is 28.1 Å². The van der Waals surface area contributed by atoms with Crippen LogP contribution in [0.2, 0.25) is 0 Å². The van der Waals surface area contributed by atoms with E-state index in [-0.39, 0.29) is 19.0 Å². The number of rotatable bonds is 6. The summed E-state index contributed by atoms with van der Waals surface area (Å²) in [5, 5.41) is 9.12. The Hall–Kier alpha value is -1.59. The van der Waals surface area contributed by atoms with Crippen molar-refractivity contribution in [2.45, 2.75) is 6.61 Å². The van der Waals surface area contributed by atoms with Crippen molar-refractivity contribution in [1.29, 1.82) is 0 Å². The zero-order valence-corrected chi connectivity index (χ0v) is 12.3. The van der Waals surface area contributed by atoms with Gasteiger partial charge in [0.25, 0.3) is 0 Å². The molecule has 5 heteroatoms. The van der Waals surface area contributed by atoms with E-state index in [1.807, 2.05) is 24.3 Å². The highest BCUT2D eigenvalue weighted by Gasteiger charge is 2.08. The third-order valence-electron chi connectivity index (χ3n) is 2.63. The van der Waals surface area contributed by atoms with E-state index in [4.69, 9.17) is 14.6 Å². The van der Waals surface area contributed by atoms with Crippen LogP contribution in [0.3, 0.4) is 0 Å². The van der Waals surface area contributed by atoms with Gasteiger partial charge in [-0.05, 0) is 30.3 Å². The number of aliphatic hydroxyl groups is 1. The van der Waals surface area contributed by atoms with Crippen LogP contribution in [-0.4, -0.2) is 18.3 Å². The first-order chi connectivity index (χ1) is 9.70. The van der Waals surface area contributed by atoms with E-state index in [9.17, 15) is 4.39 Å². The van der Waals surface area contributed by atoms with Gasteiger partial charge < -0.3 is 14.6 Å². The van der Waals surface area contributed by atoms with Gasteiger partial charge in [-0.3, -0.25) is 0 Å². The monoisotopic (exact) mass is 340 g/mol. The summed E-state index contributed by atoms with van der Waals surface area (Å²) in [6.45, 7) is 0.228. The first-order valence-electron chi connectivity index (χ1n) is 6.10. The zero-order chi connectivity index (χ0) is 14.4. The van der Waals surface area contributed by atoms with Crippen LogP contribution < -0.4 is 9.47 Å². The van der Waals surface area contributed by atoms with Gasteiger partial charge in [-0.15, -0.1) is 0 Å². The van der Waals surface area contributed by atoms with E-state index < -0.39 is 5.82 Å². The van der Waals surface area contributed by atoms with Crippen molar-refractivity contribution in [3.05, 3.63) is 58.3 Å². The van der Waals surface area contributed by atoms with Crippen molar-refractivity contribution >= 4 is 15.9 Å². The molecule has 0 saturated heterocycles. The van der Waals surface area contributed by atoms with Crippen LogP contribution in [0.15, 0.2) is 46.9 Å². The molecule has 0 aliphatic carbocycles. The molecule has 1 N–H and O–H groups in total. The number of aliphatic hydroxyl groups excluding tert-OH is 1. The van der Waals surface area contributed by atoms with Gasteiger partial charge in [-0.2, -0.15) is 0 Å². The molecule has 2 rings (SSSR count). The Bertz CT molecular complexity index is 558. The minimum atomic E-state index is -0.486. The fourth-order valence-electron chi connectivity index (χ4n) is 1.67. The predicted octanol–water partition coefficient (Wildman–Crippen LogP) is 3.54. The molecular formula is C15H14BrFO3. The molecule has 0 atom stereocenters. The molecule has 0 unspecified atom stereocenters. The van der Waals surface area contributed by atoms with Crippen LogP contribution in [-0.2, 0) is 6.61 Å². The Balaban J connectivity index is 1.86. The zero-order valence-electron chi connectivity index (χ0n) is 10.7. The third kappa shape index (κ3) is 3.95. The molecule has 3 nitrogen and oxygen atoms in total. The third-order valence-corrected chi connectivity index (χ3v) is 3.16. The van der Waals surface area contributed by atoms with Gasteiger partial charge in [-0.25, -0.2) is 4.39 Å². The molecule has 0 fully saturated rings. The minimum Gasteiger partial charge on any atom is -0.490 e. The fraction of sp³-hybridized carbons (Fsp3) is 0.200. The molecular weight excluding hydrogens is 327 g/mol. The van der Waals surface area contributed by atoms with E-state index >= 15 is 0 Å². The molecule has 0 aromatic heterocycles. The number of hydrogen-bond donors (Lipinski definition) is 1. The number of hydrogen-bond acceptors (Lipinski definition) is 3. The first-order valence-corrected chi connectivity index (χ1v) is 6.89. The second-order valence-corrected chi connectivity index (χ2v) is 4.95. The number of ether oxygens (including phenoxy) is 2. The lowest BCUT2D eigenvalue weighted by Gasteiger charge is -2.11. The van der Waals surface area contributed by atoms with Crippen molar-refractivity contribution in [2.24, 2.45) is 0 Å². The van der Waals surface area contributed by atoms with Crippen molar-refractivity contribution in [2.75, 3.05) is 13.2 Å². The largest absolute Gasteiger partial charge is 0.490 e. The molecule has 0 bridgehead atoms. The van der Waals surface area contributed by atoms with Crippen LogP contribution >= 0.6 is 15.9 Å². The van der Waals surface area contributed by atoms with Gasteiger partial charge in [0.1, 0.15) is 19.0 Å². The summed E-state index contributed by atoms with van der Waals surface area (Å²) >= 11 is 3.34. The van der Waals surface area contributed by atoms with Crippen molar-refractivity contribution in [3.63, 3.8) is 0 Å². The van der Waals surface area contributed by atoms with Crippen molar-refractivity contribution in [1.82, 2.24) is 0 Å². The van der Waals surface area contributed by atoms with E-state index in [0.29, 0.717) is 17.9 Å². The Morgan fingerprint density at radius 2 is 1.70 bits per heavy atom. The minimum absolute atomic E-state index is 0.0782. The Kier molecular flexibility index (Phi) is 5.38. The molecule has 20 heavy (non-hydrogen) atoms. The summed E-state index contributed by atoms with van der Waals surface area (Å²) in [7, 11) is 0. The summed E-state index contributed by atoms with van der Waals surface area (Å²) < 4.78 is 25.3. The second-order valence-electron chi connectivity index (χ2n) is 4.04. The fourth-order valence-corrected chi connectivity index (χ4v) is 1.94. The summed E-state index contributed by atoms with van der Waals surface area (Å²) in [6.07, 6.45) is 0. The number of halogens is 2. The highest BCUT2D eigenvalue weighted by atomic mass is 79.9.